The summed E-state index contributed by atoms with van der Waals surface area (Å²) in [5.41, 5.74) is 0. The number of rotatable bonds is 7. The van der Waals surface area contributed by atoms with Gasteiger partial charge in [0.15, 0.2) is 0 Å². The zero-order chi connectivity index (χ0) is 13.5. The van der Waals surface area contributed by atoms with Crippen molar-refractivity contribution >= 4 is 17.8 Å². The summed E-state index contributed by atoms with van der Waals surface area (Å²) in [6, 6.07) is -1.17. The summed E-state index contributed by atoms with van der Waals surface area (Å²) in [6.07, 6.45) is 4.31. The standard InChI is InChI=1S/C12H21N3O3/c1-3-4-5-6-8(2)13-10(16)7-9-11(17)15-12(18)14-9/h8-9H,3-7H2,1-2H3,(H,13,16)(H2,14,15,17,18)/t8-,9+/m1/s1. The van der Waals surface area contributed by atoms with Gasteiger partial charge in [0, 0.05) is 6.04 Å². The van der Waals surface area contributed by atoms with Crippen LogP contribution in [0.15, 0.2) is 0 Å². The maximum atomic E-state index is 11.7. The van der Waals surface area contributed by atoms with Gasteiger partial charge in [-0.1, -0.05) is 26.2 Å². The van der Waals surface area contributed by atoms with E-state index < -0.39 is 18.0 Å². The van der Waals surface area contributed by atoms with Crippen LogP contribution < -0.4 is 16.0 Å². The Balaban J connectivity index is 2.24. The van der Waals surface area contributed by atoms with Crippen LogP contribution in [0, 0.1) is 0 Å². The van der Waals surface area contributed by atoms with E-state index in [0.29, 0.717) is 0 Å². The van der Waals surface area contributed by atoms with Gasteiger partial charge in [-0.3, -0.25) is 14.9 Å². The summed E-state index contributed by atoms with van der Waals surface area (Å²) in [7, 11) is 0. The van der Waals surface area contributed by atoms with E-state index in [0.717, 1.165) is 25.7 Å². The summed E-state index contributed by atoms with van der Waals surface area (Å²) in [5, 5.41) is 7.33. The van der Waals surface area contributed by atoms with Crippen LogP contribution in [0.1, 0.15) is 46.0 Å². The van der Waals surface area contributed by atoms with Crippen molar-refractivity contribution in [2.75, 3.05) is 0 Å². The molecule has 0 saturated carbocycles. The van der Waals surface area contributed by atoms with Gasteiger partial charge in [0.25, 0.3) is 5.91 Å². The van der Waals surface area contributed by atoms with Crippen molar-refractivity contribution in [1.29, 1.82) is 0 Å². The van der Waals surface area contributed by atoms with Crippen molar-refractivity contribution in [2.45, 2.75) is 58.0 Å². The molecular formula is C12H21N3O3. The molecule has 1 aliphatic heterocycles. The third-order valence-electron chi connectivity index (χ3n) is 2.90. The average Bonchev–Trinajstić information content (AvgIpc) is 2.57. The van der Waals surface area contributed by atoms with Gasteiger partial charge in [0.05, 0.1) is 6.42 Å². The molecule has 0 aromatic rings. The lowest BCUT2D eigenvalue weighted by atomic mass is 10.1. The molecule has 0 spiro atoms. The fourth-order valence-electron chi connectivity index (χ4n) is 1.89. The quantitative estimate of drug-likeness (QED) is 0.461. The fraction of sp³-hybridized carbons (Fsp3) is 0.750. The molecule has 1 fully saturated rings. The molecule has 1 aliphatic rings. The van der Waals surface area contributed by atoms with Crippen molar-refractivity contribution in [3.8, 4) is 0 Å². The van der Waals surface area contributed by atoms with Gasteiger partial charge >= 0.3 is 6.03 Å². The van der Waals surface area contributed by atoms with E-state index in [1.807, 2.05) is 6.92 Å². The van der Waals surface area contributed by atoms with E-state index in [-0.39, 0.29) is 18.4 Å². The number of urea groups is 1. The second-order valence-electron chi connectivity index (χ2n) is 4.68. The molecule has 0 aliphatic carbocycles. The van der Waals surface area contributed by atoms with E-state index in [2.05, 4.69) is 22.9 Å². The summed E-state index contributed by atoms with van der Waals surface area (Å²) in [6.45, 7) is 4.07. The molecular weight excluding hydrogens is 234 g/mol. The largest absolute Gasteiger partial charge is 0.354 e. The Bertz CT molecular complexity index is 331. The van der Waals surface area contributed by atoms with Crippen LogP contribution >= 0.6 is 0 Å². The Labute approximate surface area is 107 Å². The number of hydrogen-bond donors (Lipinski definition) is 3. The minimum Gasteiger partial charge on any atom is -0.354 e. The molecule has 6 heteroatoms. The molecule has 0 radical (unpaired) electrons. The Morgan fingerprint density at radius 2 is 2.11 bits per heavy atom. The summed E-state index contributed by atoms with van der Waals surface area (Å²) < 4.78 is 0. The topological polar surface area (TPSA) is 87.3 Å². The molecule has 0 aromatic heterocycles. The van der Waals surface area contributed by atoms with Gasteiger partial charge in [-0.05, 0) is 13.3 Å². The Morgan fingerprint density at radius 1 is 1.39 bits per heavy atom. The first-order chi connectivity index (χ1) is 8.52. The zero-order valence-corrected chi connectivity index (χ0v) is 10.9. The first-order valence-corrected chi connectivity index (χ1v) is 6.43. The minimum atomic E-state index is -0.736. The monoisotopic (exact) mass is 255 g/mol. The maximum Gasteiger partial charge on any atom is 0.322 e. The van der Waals surface area contributed by atoms with Crippen LogP contribution in [0.3, 0.4) is 0 Å². The van der Waals surface area contributed by atoms with Gasteiger partial charge in [0.2, 0.25) is 5.91 Å². The van der Waals surface area contributed by atoms with Crippen LogP contribution in [0.5, 0.6) is 0 Å². The number of carbonyl (C=O) groups is 3. The van der Waals surface area contributed by atoms with Crippen LogP contribution in [-0.4, -0.2) is 29.9 Å². The molecule has 1 heterocycles. The minimum absolute atomic E-state index is 0.00427. The zero-order valence-electron chi connectivity index (χ0n) is 10.9. The van der Waals surface area contributed by atoms with Gasteiger partial charge in [0.1, 0.15) is 6.04 Å². The van der Waals surface area contributed by atoms with E-state index >= 15 is 0 Å². The highest BCUT2D eigenvalue weighted by atomic mass is 16.2. The third kappa shape index (κ3) is 4.73. The molecule has 4 amide bonds. The number of unbranched alkanes of at least 4 members (excludes halogenated alkanes) is 2. The highest BCUT2D eigenvalue weighted by molar-refractivity contribution is 6.05. The highest BCUT2D eigenvalue weighted by Gasteiger charge is 2.31. The Hall–Kier alpha value is -1.59. The van der Waals surface area contributed by atoms with E-state index in [9.17, 15) is 14.4 Å². The SMILES string of the molecule is CCCCC[C@@H](C)NC(=O)C[C@@H]1NC(=O)NC1=O. The van der Waals surface area contributed by atoms with Gasteiger partial charge in [-0.25, -0.2) is 4.79 Å². The van der Waals surface area contributed by atoms with Crippen molar-refractivity contribution in [3.63, 3.8) is 0 Å². The molecule has 1 saturated heterocycles. The lowest BCUT2D eigenvalue weighted by Gasteiger charge is -2.14. The van der Waals surface area contributed by atoms with Gasteiger partial charge in [-0.15, -0.1) is 0 Å². The van der Waals surface area contributed by atoms with E-state index in [1.54, 1.807) is 0 Å². The second kappa shape index (κ2) is 6.98. The molecule has 1 rings (SSSR count). The van der Waals surface area contributed by atoms with Crippen LogP contribution in [0.25, 0.3) is 0 Å². The van der Waals surface area contributed by atoms with Crippen LogP contribution in [0.2, 0.25) is 0 Å². The highest BCUT2D eigenvalue weighted by Crippen LogP contribution is 2.04. The number of hydrogen-bond acceptors (Lipinski definition) is 3. The average molecular weight is 255 g/mol. The molecule has 2 atom stereocenters. The smallest absolute Gasteiger partial charge is 0.322 e. The summed E-state index contributed by atoms with van der Waals surface area (Å²) in [4.78, 5) is 33.8. The number of nitrogens with one attached hydrogen (secondary N) is 3. The fourth-order valence-corrected chi connectivity index (χ4v) is 1.89. The lowest BCUT2D eigenvalue weighted by molar-refractivity contribution is -0.126. The van der Waals surface area contributed by atoms with Crippen molar-refractivity contribution in [2.24, 2.45) is 0 Å². The van der Waals surface area contributed by atoms with E-state index in [4.69, 9.17) is 0 Å². The molecule has 102 valence electrons. The maximum absolute atomic E-state index is 11.7. The predicted octanol–water partition coefficient (Wildman–Crippen LogP) is 0.670. The third-order valence-corrected chi connectivity index (χ3v) is 2.90. The molecule has 0 unspecified atom stereocenters. The summed E-state index contributed by atoms with van der Waals surface area (Å²) in [5.74, 6) is -0.643. The van der Waals surface area contributed by atoms with Crippen LogP contribution in [-0.2, 0) is 9.59 Å². The van der Waals surface area contributed by atoms with E-state index in [1.165, 1.54) is 0 Å². The number of imide groups is 1. The number of amides is 4. The summed E-state index contributed by atoms with van der Waals surface area (Å²) >= 11 is 0. The van der Waals surface area contributed by atoms with Gasteiger partial charge < -0.3 is 10.6 Å². The normalized spacial score (nSPS) is 20.2. The molecule has 0 aromatic carbocycles. The Kier molecular flexibility index (Phi) is 5.61. The molecule has 6 nitrogen and oxygen atoms in total. The van der Waals surface area contributed by atoms with Crippen LogP contribution in [0.4, 0.5) is 4.79 Å². The van der Waals surface area contributed by atoms with Gasteiger partial charge in [-0.2, -0.15) is 0 Å². The lowest BCUT2D eigenvalue weighted by Crippen LogP contribution is -2.39. The molecule has 3 N–H and O–H groups in total. The second-order valence-corrected chi connectivity index (χ2v) is 4.68. The number of carbonyl (C=O) groups excluding carboxylic acids is 3. The first-order valence-electron chi connectivity index (χ1n) is 6.43. The van der Waals surface area contributed by atoms with Crippen molar-refractivity contribution < 1.29 is 14.4 Å². The van der Waals surface area contributed by atoms with Crippen molar-refractivity contribution in [1.82, 2.24) is 16.0 Å². The Morgan fingerprint density at radius 3 is 2.67 bits per heavy atom. The molecule has 0 bridgehead atoms. The molecule has 18 heavy (non-hydrogen) atoms. The first kappa shape index (κ1) is 14.5. The predicted molar refractivity (Wildman–Crippen MR) is 66.8 cm³/mol. The van der Waals surface area contributed by atoms with Crippen molar-refractivity contribution in [3.05, 3.63) is 0 Å².